The van der Waals surface area contributed by atoms with Gasteiger partial charge in [-0.2, -0.15) is 4.98 Å². The smallest absolute Gasteiger partial charge is 0.250 e. The van der Waals surface area contributed by atoms with Crippen LogP contribution in [0.4, 0.5) is 0 Å². The molecule has 0 saturated carbocycles. The van der Waals surface area contributed by atoms with Crippen molar-refractivity contribution in [3.05, 3.63) is 46.5 Å². The van der Waals surface area contributed by atoms with Gasteiger partial charge in [0.25, 0.3) is 5.56 Å². The molecule has 0 aliphatic carbocycles. The Bertz CT molecular complexity index is 679. The van der Waals surface area contributed by atoms with Gasteiger partial charge < -0.3 is 19.1 Å². The van der Waals surface area contributed by atoms with Crippen LogP contribution in [-0.2, 0) is 22.5 Å². The molecule has 0 radical (unpaired) electrons. The molecule has 0 aromatic carbocycles. The number of rotatable bonds is 7. The monoisotopic (exact) mass is 306 g/mol. The van der Waals surface area contributed by atoms with Gasteiger partial charge in [0.05, 0.1) is 6.61 Å². The van der Waals surface area contributed by atoms with Crippen LogP contribution < -0.4 is 10.9 Å². The summed E-state index contributed by atoms with van der Waals surface area (Å²) in [5.74, 6) is 0.537. The summed E-state index contributed by atoms with van der Waals surface area (Å²) in [7, 11) is 1.59. The van der Waals surface area contributed by atoms with Crippen molar-refractivity contribution >= 4 is 5.91 Å². The van der Waals surface area contributed by atoms with Crippen molar-refractivity contribution in [1.29, 1.82) is 0 Å². The molecule has 2 rings (SSSR count). The van der Waals surface area contributed by atoms with Gasteiger partial charge in [0, 0.05) is 25.8 Å². The van der Waals surface area contributed by atoms with Crippen molar-refractivity contribution in [3.8, 4) is 0 Å². The second kappa shape index (κ2) is 7.51. The van der Waals surface area contributed by atoms with E-state index in [9.17, 15) is 9.59 Å². The molecule has 0 saturated heterocycles. The number of pyridine rings is 1. The number of amides is 1. The Kier molecular flexibility index (Phi) is 5.42. The van der Waals surface area contributed by atoms with Crippen LogP contribution in [0.2, 0.25) is 0 Å². The molecule has 2 heterocycles. The van der Waals surface area contributed by atoms with E-state index in [1.165, 1.54) is 10.6 Å². The minimum Gasteiger partial charge on any atom is -0.384 e. The van der Waals surface area contributed by atoms with E-state index in [1.807, 2.05) is 0 Å². The Hall–Kier alpha value is -2.48. The summed E-state index contributed by atoms with van der Waals surface area (Å²) < 4.78 is 11.4. The van der Waals surface area contributed by atoms with Crippen molar-refractivity contribution in [1.82, 2.24) is 20.0 Å². The Labute approximate surface area is 127 Å². The Morgan fingerprint density at radius 2 is 2.32 bits per heavy atom. The van der Waals surface area contributed by atoms with Gasteiger partial charge in [0.15, 0.2) is 5.82 Å². The standard InChI is InChI=1S/C14H18N4O4/c1-10(14-16-11(17-22-14)6-8-21-2)15-12(19)9-18-7-4-3-5-13(18)20/h3-5,7,10H,6,8-9H2,1-2H3,(H,15,19). The first-order valence-electron chi connectivity index (χ1n) is 6.86. The average Bonchev–Trinajstić information content (AvgIpc) is 2.96. The first-order valence-corrected chi connectivity index (χ1v) is 6.86. The van der Waals surface area contributed by atoms with Crippen LogP contribution in [0.1, 0.15) is 24.7 Å². The number of carbonyl (C=O) groups is 1. The number of hydrogen-bond acceptors (Lipinski definition) is 6. The van der Waals surface area contributed by atoms with Crippen LogP contribution in [0, 0.1) is 0 Å². The molecule has 1 N–H and O–H groups in total. The number of methoxy groups -OCH3 is 1. The Balaban J connectivity index is 1.92. The fourth-order valence-electron chi connectivity index (χ4n) is 1.83. The van der Waals surface area contributed by atoms with E-state index in [1.54, 1.807) is 32.4 Å². The van der Waals surface area contributed by atoms with Crippen molar-refractivity contribution in [3.63, 3.8) is 0 Å². The lowest BCUT2D eigenvalue weighted by Gasteiger charge is -2.10. The fourth-order valence-corrected chi connectivity index (χ4v) is 1.83. The van der Waals surface area contributed by atoms with Gasteiger partial charge in [-0.05, 0) is 13.0 Å². The van der Waals surface area contributed by atoms with Gasteiger partial charge in [-0.25, -0.2) is 0 Å². The maximum atomic E-state index is 11.9. The average molecular weight is 306 g/mol. The SMILES string of the molecule is COCCc1noc(C(C)NC(=O)Cn2ccccc2=O)n1. The number of carbonyl (C=O) groups excluding carboxylic acids is 1. The van der Waals surface area contributed by atoms with Crippen molar-refractivity contribution in [2.24, 2.45) is 0 Å². The summed E-state index contributed by atoms with van der Waals surface area (Å²) in [6.07, 6.45) is 2.10. The van der Waals surface area contributed by atoms with Crippen LogP contribution in [0.15, 0.2) is 33.7 Å². The van der Waals surface area contributed by atoms with E-state index >= 15 is 0 Å². The zero-order chi connectivity index (χ0) is 15.9. The van der Waals surface area contributed by atoms with E-state index in [-0.39, 0.29) is 18.0 Å². The zero-order valence-electron chi connectivity index (χ0n) is 12.5. The summed E-state index contributed by atoms with van der Waals surface area (Å²) >= 11 is 0. The highest BCUT2D eigenvalue weighted by Crippen LogP contribution is 2.09. The molecule has 1 atom stereocenters. The molecule has 2 aromatic heterocycles. The fraction of sp³-hybridized carbons (Fsp3) is 0.429. The lowest BCUT2D eigenvalue weighted by atomic mass is 10.3. The van der Waals surface area contributed by atoms with Crippen LogP contribution in [0.25, 0.3) is 0 Å². The van der Waals surface area contributed by atoms with Gasteiger partial charge in [-0.1, -0.05) is 11.2 Å². The molecule has 8 heteroatoms. The molecular weight excluding hydrogens is 288 g/mol. The summed E-state index contributed by atoms with van der Waals surface area (Å²) in [5, 5.41) is 6.52. The molecule has 8 nitrogen and oxygen atoms in total. The third-order valence-electron chi connectivity index (χ3n) is 2.97. The molecule has 22 heavy (non-hydrogen) atoms. The lowest BCUT2D eigenvalue weighted by molar-refractivity contribution is -0.122. The van der Waals surface area contributed by atoms with Gasteiger partial charge in [-0.15, -0.1) is 0 Å². The molecule has 0 aliphatic heterocycles. The molecule has 2 aromatic rings. The predicted molar refractivity (Wildman–Crippen MR) is 77.1 cm³/mol. The molecular formula is C14H18N4O4. The maximum Gasteiger partial charge on any atom is 0.250 e. The van der Waals surface area contributed by atoms with Crippen LogP contribution in [0.3, 0.4) is 0 Å². The number of ether oxygens (including phenoxy) is 1. The van der Waals surface area contributed by atoms with E-state index in [0.29, 0.717) is 24.7 Å². The highest BCUT2D eigenvalue weighted by Gasteiger charge is 2.16. The second-order valence-corrected chi connectivity index (χ2v) is 4.75. The summed E-state index contributed by atoms with van der Waals surface area (Å²) in [6, 6.07) is 4.28. The Morgan fingerprint density at radius 3 is 3.05 bits per heavy atom. The van der Waals surface area contributed by atoms with E-state index in [4.69, 9.17) is 9.26 Å². The van der Waals surface area contributed by atoms with Gasteiger partial charge in [0.1, 0.15) is 12.6 Å². The lowest BCUT2D eigenvalue weighted by Crippen LogP contribution is -2.33. The highest BCUT2D eigenvalue weighted by molar-refractivity contribution is 5.76. The number of aromatic nitrogens is 3. The molecule has 118 valence electrons. The molecule has 1 unspecified atom stereocenters. The third-order valence-corrected chi connectivity index (χ3v) is 2.97. The van der Waals surface area contributed by atoms with Crippen LogP contribution in [-0.4, -0.2) is 34.3 Å². The molecule has 1 amide bonds. The second-order valence-electron chi connectivity index (χ2n) is 4.75. The molecule has 0 bridgehead atoms. The minimum atomic E-state index is -0.435. The van der Waals surface area contributed by atoms with E-state index in [2.05, 4.69) is 15.5 Å². The number of hydrogen-bond donors (Lipinski definition) is 1. The van der Waals surface area contributed by atoms with Crippen LogP contribution in [0.5, 0.6) is 0 Å². The molecule has 0 aliphatic rings. The first kappa shape index (κ1) is 15.9. The van der Waals surface area contributed by atoms with Gasteiger partial charge in [0.2, 0.25) is 11.8 Å². The summed E-state index contributed by atoms with van der Waals surface area (Å²) in [4.78, 5) is 27.7. The normalized spacial score (nSPS) is 12.1. The van der Waals surface area contributed by atoms with Gasteiger partial charge >= 0.3 is 0 Å². The zero-order valence-corrected chi connectivity index (χ0v) is 12.5. The van der Waals surface area contributed by atoms with E-state index in [0.717, 1.165) is 0 Å². The van der Waals surface area contributed by atoms with Crippen molar-refractivity contribution in [2.45, 2.75) is 25.9 Å². The van der Waals surface area contributed by atoms with Crippen LogP contribution >= 0.6 is 0 Å². The maximum absolute atomic E-state index is 11.9. The van der Waals surface area contributed by atoms with Crippen molar-refractivity contribution < 1.29 is 14.1 Å². The Morgan fingerprint density at radius 1 is 1.50 bits per heavy atom. The largest absolute Gasteiger partial charge is 0.384 e. The third kappa shape index (κ3) is 4.26. The highest BCUT2D eigenvalue weighted by atomic mass is 16.5. The van der Waals surface area contributed by atoms with E-state index < -0.39 is 6.04 Å². The summed E-state index contributed by atoms with van der Waals surface area (Å²) in [6.45, 7) is 2.17. The first-order chi connectivity index (χ1) is 10.6. The van der Waals surface area contributed by atoms with Crippen molar-refractivity contribution in [2.75, 3.05) is 13.7 Å². The topological polar surface area (TPSA) is 99.3 Å². The molecule has 0 fully saturated rings. The quantitative estimate of drug-likeness (QED) is 0.789. The number of nitrogens with zero attached hydrogens (tertiary/aromatic N) is 3. The summed E-state index contributed by atoms with van der Waals surface area (Å²) in [5.41, 5.74) is -0.232. The number of nitrogens with one attached hydrogen (secondary N) is 1. The van der Waals surface area contributed by atoms with Gasteiger partial charge in [-0.3, -0.25) is 9.59 Å². The predicted octanol–water partition coefficient (Wildman–Crippen LogP) is 0.298. The molecule has 0 spiro atoms. The minimum absolute atomic E-state index is 0.0608.